The van der Waals surface area contributed by atoms with Crippen molar-refractivity contribution in [2.45, 2.75) is 12.8 Å². The first kappa shape index (κ1) is 13.0. The van der Waals surface area contributed by atoms with E-state index < -0.39 is 6.09 Å². The van der Waals surface area contributed by atoms with Crippen LogP contribution < -0.4 is 29.7 Å². The molecule has 4 nitrogen and oxygen atoms in total. The van der Waals surface area contributed by atoms with E-state index >= 15 is 0 Å². The number of quaternary nitrogens is 1. The van der Waals surface area contributed by atoms with E-state index in [-0.39, 0.29) is 24.0 Å². The van der Waals surface area contributed by atoms with Crippen molar-refractivity contribution in [1.82, 2.24) is 0 Å². The van der Waals surface area contributed by atoms with Crippen LogP contribution in [-0.2, 0) is 4.74 Å². The Morgan fingerprint density at radius 3 is 2.46 bits per heavy atom. The second-order valence-electron chi connectivity index (χ2n) is 3.66. The molecule has 13 heavy (non-hydrogen) atoms. The molecule has 2 N–H and O–H groups in total. The lowest BCUT2D eigenvalue weighted by atomic mass is 10.4. The predicted molar refractivity (Wildman–Crippen MR) is 45.6 cm³/mol. The fourth-order valence-corrected chi connectivity index (χ4v) is 1.69. The molecule has 1 aliphatic rings. The second-order valence-corrected chi connectivity index (χ2v) is 3.66. The zero-order chi connectivity index (χ0) is 9.03. The molecule has 1 rings (SSSR count). The lowest BCUT2D eigenvalue weighted by Gasteiger charge is -2.28. The number of primary amides is 1. The maximum absolute atomic E-state index is 10.3. The van der Waals surface area contributed by atoms with Gasteiger partial charge < -0.3 is 38.9 Å². The van der Waals surface area contributed by atoms with Crippen LogP contribution in [0.5, 0.6) is 0 Å². The van der Waals surface area contributed by atoms with E-state index in [2.05, 4.69) is 7.05 Å². The molecule has 0 aliphatic carbocycles. The number of hydrogen-bond acceptors (Lipinski definition) is 2. The summed E-state index contributed by atoms with van der Waals surface area (Å²) in [5, 5.41) is 0. The molecule has 0 spiro atoms. The first-order valence-electron chi connectivity index (χ1n) is 4.38. The normalized spacial score (nSPS) is 19.2. The fraction of sp³-hybridized carbons (Fsp3) is 0.875. The lowest BCUT2D eigenvalue weighted by Crippen LogP contribution is -3.00. The summed E-state index contributed by atoms with van der Waals surface area (Å²) in [6.07, 6.45) is 1.90. The van der Waals surface area contributed by atoms with Crippen LogP contribution in [0.4, 0.5) is 4.79 Å². The van der Waals surface area contributed by atoms with E-state index in [4.69, 9.17) is 10.5 Å². The first-order valence-corrected chi connectivity index (χ1v) is 4.38. The molecule has 1 heterocycles. The van der Waals surface area contributed by atoms with Gasteiger partial charge in [-0.15, -0.1) is 0 Å². The van der Waals surface area contributed by atoms with Crippen molar-refractivity contribution >= 4 is 6.09 Å². The van der Waals surface area contributed by atoms with Gasteiger partial charge in [0.15, 0.2) is 0 Å². The van der Waals surface area contributed by atoms with Crippen molar-refractivity contribution in [2.24, 2.45) is 5.73 Å². The number of halogens is 1. The van der Waals surface area contributed by atoms with Crippen LogP contribution in [0.15, 0.2) is 0 Å². The van der Waals surface area contributed by atoms with Gasteiger partial charge in [-0.05, 0) is 0 Å². The monoisotopic (exact) mass is 300 g/mol. The topological polar surface area (TPSA) is 52.3 Å². The van der Waals surface area contributed by atoms with Crippen LogP contribution >= 0.6 is 0 Å². The van der Waals surface area contributed by atoms with Crippen molar-refractivity contribution in [3.05, 3.63) is 0 Å². The summed E-state index contributed by atoms with van der Waals surface area (Å²) in [6, 6.07) is 0. The Morgan fingerprint density at radius 1 is 1.46 bits per heavy atom. The number of carbonyl (C=O) groups is 1. The number of nitrogens with two attached hydrogens (primary N) is 1. The quantitative estimate of drug-likeness (QED) is 0.456. The standard InChI is InChI=1S/C8H16N2O2.HI/c1-10(4-2-3-5-10)6-7-12-8(9)11;/h2-7H2,1H3,(H-,9,11);1H. The van der Waals surface area contributed by atoms with Crippen molar-refractivity contribution < 1.29 is 38.0 Å². The van der Waals surface area contributed by atoms with Gasteiger partial charge in [-0.3, -0.25) is 0 Å². The number of carbonyl (C=O) groups excluding carboxylic acids is 1. The summed E-state index contributed by atoms with van der Waals surface area (Å²) in [5.74, 6) is 0. The van der Waals surface area contributed by atoms with Gasteiger partial charge in [-0.1, -0.05) is 0 Å². The zero-order valence-electron chi connectivity index (χ0n) is 7.96. The third kappa shape index (κ3) is 4.66. The number of likely N-dealkylation sites (N-methyl/N-ethyl adjacent to an activating group) is 1. The van der Waals surface area contributed by atoms with Gasteiger partial charge in [0.2, 0.25) is 0 Å². The summed E-state index contributed by atoms with van der Waals surface area (Å²) >= 11 is 0. The Morgan fingerprint density at radius 2 is 2.00 bits per heavy atom. The van der Waals surface area contributed by atoms with E-state index in [9.17, 15) is 4.79 Å². The number of amides is 1. The molecule has 0 aromatic heterocycles. The molecule has 0 saturated carbocycles. The number of rotatable bonds is 3. The highest BCUT2D eigenvalue weighted by molar-refractivity contribution is 5.64. The van der Waals surface area contributed by atoms with Crippen LogP contribution in [0, 0.1) is 0 Å². The molecule has 0 aromatic carbocycles. The molecule has 0 unspecified atom stereocenters. The molecule has 5 heteroatoms. The highest BCUT2D eigenvalue weighted by Gasteiger charge is 2.26. The van der Waals surface area contributed by atoms with Crippen LogP contribution in [-0.4, -0.2) is 43.9 Å². The van der Waals surface area contributed by atoms with E-state index in [1.807, 2.05) is 0 Å². The van der Waals surface area contributed by atoms with Gasteiger partial charge in [0.1, 0.15) is 13.2 Å². The van der Waals surface area contributed by atoms with Crippen LogP contribution in [0.1, 0.15) is 12.8 Å². The summed E-state index contributed by atoms with van der Waals surface area (Å²) in [5.41, 5.74) is 4.85. The first-order chi connectivity index (χ1) is 5.62. The SMILES string of the molecule is C[N+]1(CCOC(N)=O)CCCC1.[I-]. The third-order valence-corrected chi connectivity index (χ3v) is 2.52. The van der Waals surface area contributed by atoms with Crippen molar-refractivity contribution in [3.63, 3.8) is 0 Å². The maximum atomic E-state index is 10.3. The number of hydrogen-bond donors (Lipinski definition) is 1. The predicted octanol–water partition coefficient (Wildman–Crippen LogP) is -2.67. The summed E-state index contributed by atoms with van der Waals surface area (Å²) < 4.78 is 5.71. The zero-order valence-corrected chi connectivity index (χ0v) is 10.1. The average molecular weight is 300 g/mol. The number of nitrogens with zero attached hydrogens (tertiary/aromatic N) is 1. The van der Waals surface area contributed by atoms with Gasteiger partial charge >= 0.3 is 6.09 Å². The van der Waals surface area contributed by atoms with Crippen LogP contribution in [0.2, 0.25) is 0 Å². The Labute approximate surface area is 96.0 Å². The molecule has 0 aromatic rings. The fourth-order valence-electron chi connectivity index (χ4n) is 1.69. The molecular formula is C8H17IN2O2. The Bertz CT molecular complexity index is 170. The lowest BCUT2D eigenvalue weighted by molar-refractivity contribution is -0.897. The van der Waals surface area contributed by atoms with Gasteiger partial charge in [0, 0.05) is 12.8 Å². The summed E-state index contributed by atoms with van der Waals surface area (Å²) in [4.78, 5) is 10.3. The van der Waals surface area contributed by atoms with Crippen LogP contribution in [0.25, 0.3) is 0 Å². The molecule has 1 amide bonds. The molecule has 0 atom stereocenters. The average Bonchev–Trinajstić information content (AvgIpc) is 2.35. The van der Waals surface area contributed by atoms with Crippen LogP contribution in [0.3, 0.4) is 0 Å². The van der Waals surface area contributed by atoms with Gasteiger partial charge in [0.05, 0.1) is 20.1 Å². The van der Waals surface area contributed by atoms with Gasteiger partial charge in [-0.2, -0.15) is 0 Å². The molecule has 0 bridgehead atoms. The van der Waals surface area contributed by atoms with Gasteiger partial charge in [0.25, 0.3) is 0 Å². The Hall–Kier alpha value is -0.0400. The molecule has 1 fully saturated rings. The molecule has 78 valence electrons. The highest BCUT2D eigenvalue weighted by atomic mass is 127. The largest absolute Gasteiger partial charge is 1.00 e. The minimum atomic E-state index is -0.666. The maximum Gasteiger partial charge on any atom is 0.404 e. The van der Waals surface area contributed by atoms with Crippen molar-refractivity contribution in [1.29, 1.82) is 0 Å². The molecule has 1 aliphatic heterocycles. The second kappa shape index (κ2) is 5.64. The summed E-state index contributed by atoms with van der Waals surface area (Å²) in [7, 11) is 2.19. The number of ether oxygens (including phenoxy) is 1. The highest BCUT2D eigenvalue weighted by Crippen LogP contribution is 2.15. The number of likely N-dealkylation sites (tertiary alicyclic amines) is 1. The summed E-state index contributed by atoms with van der Waals surface area (Å²) in [6.45, 7) is 3.74. The van der Waals surface area contributed by atoms with Crippen molar-refractivity contribution in [3.8, 4) is 0 Å². The minimum Gasteiger partial charge on any atom is -1.00 e. The smallest absolute Gasteiger partial charge is 0.404 e. The minimum absolute atomic E-state index is 0. The van der Waals surface area contributed by atoms with E-state index in [1.54, 1.807) is 0 Å². The van der Waals surface area contributed by atoms with E-state index in [1.165, 1.54) is 25.9 Å². The van der Waals surface area contributed by atoms with Crippen molar-refractivity contribution in [2.75, 3.05) is 33.3 Å². The Balaban J connectivity index is 0.00000144. The molecular weight excluding hydrogens is 283 g/mol. The van der Waals surface area contributed by atoms with E-state index in [0.29, 0.717) is 6.61 Å². The van der Waals surface area contributed by atoms with E-state index in [0.717, 1.165) is 11.0 Å². The Kier molecular flexibility index (Phi) is 5.62. The third-order valence-electron chi connectivity index (χ3n) is 2.52. The molecule has 0 radical (unpaired) electrons. The van der Waals surface area contributed by atoms with Gasteiger partial charge in [-0.25, -0.2) is 4.79 Å². The molecule has 1 saturated heterocycles.